The van der Waals surface area contributed by atoms with Crippen LogP contribution in [0.5, 0.6) is 11.5 Å². The van der Waals surface area contributed by atoms with Crippen molar-refractivity contribution in [1.29, 1.82) is 0 Å². The van der Waals surface area contributed by atoms with Gasteiger partial charge in [-0.1, -0.05) is 31.9 Å². The summed E-state index contributed by atoms with van der Waals surface area (Å²) < 4.78 is 21.7. The molecule has 1 heterocycles. The maximum Gasteiger partial charge on any atom is 0.317 e. The van der Waals surface area contributed by atoms with Gasteiger partial charge in [0.25, 0.3) is 0 Å². The van der Waals surface area contributed by atoms with Crippen LogP contribution >= 0.6 is 0 Å². The van der Waals surface area contributed by atoms with Crippen LogP contribution in [0.25, 0.3) is 0 Å². The number of allylic oxidation sites excluding steroid dienone is 1. The van der Waals surface area contributed by atoms with Crippen molar-refractivity contribution in [2.24, 2.45) is 11.3 Å². The molecule has 2 atom stereocenters. The number of nitrogens with one attached hydrogen (secondary N) is 1. The average molecular weight is 559 g/mol. The molecule has 222 valence electrons. The van der Waals surface area contributed by atoms with Crippen molar-refractivity contribution in [1.82, 2.24) is 10.2 Å². The van der Waals surface area contributed by atoms with Crippen LogP contribution in [0.4, 0.5) is 0 Å². The zero-order valence-corrected chi connectivity index (χ0v) is 24.6. The first-order valence-corrected chi connectivity index (χ1v) is 14.6. The maximum absolute atomic E-state index is 13.9. The second kappa shape index (κ2) is 15.6. The summed E-state index contributed by atoms with van der Waals surface area (Å²) in [5.74, 6) is 0.00133. The highest BCUT2D eigenvalue weighted by Crippen LogP contribution is 2.49. The molecule has 1 N–H and O–H groups in total. The Morgan fingerprint density at radius 3 is 2.58 bits per heavy atom. The lowest BCUT2D eigenvalue weighted by molar-refractivity contribution is -0.159. The summed E-state index contributed by atoms with van der Waals surface area (Å²) in [6.07, 6.45) is 8.90. The van der Waals surface area contributed by atoms with Gasteiger partial charge in [0.1, 0.15) is 5.41 Å². The Kier molecular flexibility index (Phi) is 12.3. The summed E-state index contributed by atoms with van der Waals surface area (Å²) in [5.41, 5.74) is 0.766. The van der Waals surface area contributed by atoms with Crippen LogP contribution in [0.2, 0.25) is 0 Å². The van der Waals surface area contributed by atoms with E-state index in [1.165, 1.54) is 7.11 Å². The van der Waals surface area contributed by atoms with Gasteiger partial charge in [0.05, 0.1) is 21.3 Å². The van der Waals surface area contributed by atoms with Crippen molar-refractivity contribution in [3.05, 3.63) is 35.5 Å². The number of likely N-dealkylation sites (tertiary alicyclic amines) is 1. The third kappa shape index (κ3) is 7.77. The molecule has 1 aromatic carbocycles. The minimum atomic E-state index is -0.936. The molecule has 1 aliphatic carbocycles. The van der Waals surface area contributed by atoms with Gasteiger partial charge in [-0.2, -0.15) is 0 Å². The van der Waals surface area contributed by atoms with E-state index in [4.69, 9.17) is 18.9 Å². The van der Waals surface area contributed by atoms with Crippen molar-refractivity contribution in [2.45, 2.75) is 71.1 Å². The predicted octanol–water partition coefficient (Wildman–Crippen LogP) is 4.43. The fourth-order valence-corrected chi connectivity index (χ4v) is 5.75. The molecule has 0 bridgehead atoms. The number of esters is 1. The highest BCUT2D eigenvalue weighted by molar-refractivity contribution is 5.92. The van der Waals surface area contributed by atoms with Crippen LogP contribution in [-0.2, 0) is 30.3 Å². The van der Waals surface area contributed by atoms with E-state index in [2.05, 4.69) is 12.2 Å². The number of ether oxygens (including phenoxy) is 4. The fourth-order valence-electron chi connectivity index (χ4n) is 5.75. The van der Waals surface area contributed by atoms with Crippen LogP contribution < -0.4 is 14.8 Å². The number of methoxy groups -OCH3 is 3. The summed E-state index contributed by atoms with van der Waals surface area (Å²) in [7, 11) is 4.58. The zero-order valence-electron chi connectivity index (χ0n) is 24.6. The Labute approximate surface area is 238 Å². The predicted molar refractivity (Wildman–Crippen MR) is 152 cm³/mol. The minimum Gasteiger partial charge on any atom is -0.493 e. The van der Waals surface area contributed by atoms with Crippen molar-refractivity contribution >= 4 is 17.8 Å². The number of unbranched alkanes of at least 4 members (excludes halogenated alkanes) is 1. The van der Waals surface area contributed by atoms with E-state index >= 15 is 0 Å². The molecule has 1 saturated heterocycles. The number of benzene rings is 1. The molecule has 0 aromatic heterocycles. The van der Waals surface area contributed by atoms with Gasteiger partial charge in [0.15, 0.2) is 11.5 Å². The molecule has 1 fully saturated rings. The van der Waals surface area contributed by atoms with Gasteiger partial charge in [-0.3, -0.25) is 14.4 Å². The summed E-state index contributed by atoms with van der Waals surface area (Å²) in [6, 6.07) is 5.69. The minimum absolute atomic E-state index is 0.0361. The molecule has 2 amide bonds. The zero-order chi connectivity index (χ0) is 29.0. The third-order valence-corrected chi connectivity index (χ3v) is 7.90. The summed E-state index contributed by atoms with van der Waals surface area (Å²) in [4.78, 5) is 41.9. The van der Waals surface area contributed by atoms with E-state index in [1.54, 1.807) is 19.1 Å². The molecular formula is C31H46N2O7. The first kappa shape index (κ1) is 31.5. The second-order valence-corrected chi connectivity index (χ2v) is 10.6. The van der Waals surface area contributed by atoms with Crippen LogP contribution in [-0.4, -0.2) is 70.3 Å². The molecule has 40 heavy (non-hydrogen) atoms. The molecule has 0 radical (unpaired) electrons. The molecule has 9 heteroatoms. The Morgan fingerprint density at radius 2 is 1.85 bits per heavy atom. The van der Waals surface area contributed by atoms with Gasteiger partial charge >= 0.3 is 5.97 Å². The van der Waals surface area contributed by atoms with Gasteiger partial charge in [-0.25, -0.2) is 0 Å². The monoisotopic (exact) mass is 558 g/mol. The smallest absolute Gasteiger partial charge is 0.317 e. The van der Waals surface area contributed by atoms with Crippen LogP contribution in [0.15, 0.2) is 30.0 Å². The first-order chi connectivity index (χ1) is 19.4. The number of nitrogens with zero attached hydrogens (tertiary/aromatic N) is 1. The normalized spacial score (nSPS) is 20.7. The van der Waals surface area contributed by atoms with Crippen molar-refractivity contribution < 1.29 is 33.3 Å². The van der Waals surface area contributed by atoms with Crippen LogP contribution in [0.1, 0.15) is 70.3 Å². The largest absolute Gasteiger partial charge is 0.493 e. The van der Waals surface area contributed by atoms with Crippen LogP contribution in [0, 0.1) is 11.3 Å². The molecule has 1 aromatic rings. The Hall–Kier alpha value is -3.07. The van der Waals surface area contributed by atoms with Crippen LogP contribution in [0.3, 0.4) is 0 Å². The van der Waals surface area contributed by atoms with Gasteiger partial charge < -0.3 is 29.2 Å². The molecule has 0 spiro atoms. The lowest BCUT2D eigenvalue weighted by Gasteiger charge is -2.46. The Bertz CT molecular complexity index is 1040. The van der Waals surface area contributed by atoms with Crippen molar-refractivity contribution in [3.63, 3.8) is 0 Å². The van der Waals surface area contributed by atoms with Crippen molar-refractivity contribution in [3.8, 4) is 11.5 Å². The molecule has 1 aliphatic heterocycles. The summed E-state index contributed by atoms with van der Waals surface area (Å²) >= 11 is 0. The molecule has 9 nitrogen and oxygen atoms in total. The summed E-state index contributed by atoms with van der Waals surface area (Å²) in [6.45, 7) is 4.30. The number of carbonyl (C=O) groups is 3. The highest BCUT2D eigenvalue weighted by atomic mass is 16.5. The number of piperidine rings is 1. The Morgan fingerprint density at radius 1 is 1.07 bits per heavy atom. The van der Waals surface area contributed by atoms with E-state index < -0.39 is 11.3 Å². The number of carbonyl (C=O) groups excluding carboxylic acids is 3. The van der Waals surface area contributed by atoms with E-state index in [0.717, 1.165) is 50.0 Å². The van der Waals surface area contributed by atoms with Gasteiger partial charge in [0, 0.05) is 44.3 Å². The van der Waals surface area contributed by atoms with Gasteiger partial charge in [0.2, 0.25) is 11.8 Å². The Balaban J connectivity index is 1.77. The van der Waals surface area contributed by atoms with E-state index in [9.17, 15) is 14.4 Å². The number of hydrogen-bond acceptors (Lipinski definition) is 7. The maximum atomic E-state index is 13.9. The molecule has 0 saturated carbocycles. The standard InChI is InChI=1S/C31H46N2O7/c1-5-6-18-40-19-10-16-32-28(34)21-24-22-31(30(36)39-4)15-9-7-8-11-27(31)33(29(24)35)17-14-23-12-13-25(37-2)26(20-23)38-3/h11-13,20,24H,5-10,14-19,21-22H2,1-4H3,(H,32,34)/t24-,31+/m1/s1. The molecule has 0 unspecified atom stereocenters. The lowest BCUT2D eigenvalue weighted by Crippen LogP contribution is -2.53. The molecule has 2 aliphatic rings. The second-order valence-electron chi connectivity index (χ2n) is 10.6. The number of hydrogen-bond donors (Lipinski definition) is 1. The van der Waals surface area contributed by atoms with E-state index in [0.29, 0.717) is 50.5 Å². The van der Waals surface area contributed by atoms with E-state index in [-0.39, 0.29) is 30.6 Å². The van der Waals surface area contributed by atoms with E-state index in [1.807, 2.05) is 24.3 Å². The lowest BCUT2D eigenvalue weighted by atomic mass is 9.69. The fraction of sp³-hybridized carbons (Fsp3) is 0.645. The SMILES string of the molecule is CCCCOCCCNC(=O)C[C@@H]1C[C@@]2(C(=O)OC)CCCCC=C2N(CCc2ccc(OC)c(OC)c2)C1=O. The highest BCUT2D eigenvalue weighted by Gasteiger charge is 2.53. The molecule has 3 rings (SSSR count). The quantitative estimate of drug-likeness (QED) is 0.251. The summed E-state index contributed by atoms with van der Waals surface area (Å²) in [5, 5.41) is 2.93. The van der Waals surface area contributed by atoms with Gasteiger partial charge in [-0.05, 0) is 62.6 Å². The number of amides is 2. The topological polar surface area (TPSA) is 103 Å². The number of fused-ring (bicyclic) bond motifs is 1. The third-order valence-electron chi connectivity index (χ3n) is 7.90. The molecular weight excluding hydrogens is 512 g/mol. The van der Waals surface area contributed by atoms with Gasteiger partial charge in [-0.15, -0.1) is 0 Å². The average Bonchev–Trinajstić information content (AvgIpc) is 3.19. The first-order valence-electron chi connectivity index (χ1n) is 14.6. The van der Waals surface area contributed by atoms with Crippen molar-refractivity contribution in [2.75, 3.05) is 47.6 Å². The number of rotatable bonds is 15.